The molecule has 130 valence electrons. The van der Waals surface area contributed by atoms with E-state index in [4.69, 9.17) is 4.74 Å². The third-order valence-electron chi connectivity index (χ3n) is 3.61. The highest BCUT2D eigenvalue weighted by molar-refractivity contribution is 9.10. The van der Waals surface area contributed by atoms with Crippen LogP contribution >= 0.6 is 28.3 Å². The van der Waals surface area contributed by atoms with Crippen LogP contribution in [0.25, 0.3) is 0 Å². The van der Waals surface area contributed by atoms with Crippen LogP contribution in [0.4, 0.5) is 0 Å². The van der Waals surface area contributed by atoms with Crippen molar-refractivity contribution in [3.05, 3.63) is 28.7 Å². The summed E-state index contributed by atoms with van der Waals surface area (Å²) in [5.41, 5.74) is 0. The monoisotopic (exact) mass is 405 g/mol. The lowest BCUT2D eigenvalue weighted by molar-refractivity contribution is -0.121. The largest absolute Gasteiger partial charge is 0.492 e. The van der Waals surface area contributed by atoms with Crippen molar-refractivity contribution in [3.8, 4) is 5.75 Å². The van der Waals surface area contributed by atoms with Gasteiger partial charge in [0.2, 0.25) is 5.91 Å². The summed E-state index contributed by atoms with van der Waals surface area (Å²) >= 11 is 3.42. The molecule has 2 N–H and O–H groups in total. The number of benzene rings is 1. The van der Waals surface area contributed by atoms with Gasteiger partial charge in [-0.2, -0.15) is 0 Å². The molecule has 1 amide bonds. The van der Waals surface area contributed by atoms with Crippen LogP contribution in [-0.2, 0) is 4.79 Å². The second-order valence-electron chi connectivity index (χ2n) is 5.32. The quantitative estimate of drug-likeness (QED) is 0.649. The first-order valence-corrected chi connectivity index (χ1v) is 8.62. The lowest BCUT2D eigenvalue weighted by Crippen LogP contribution is -2.44. The second-order valence-corrected chi connectivity index (χ2v) is 6.18. The zero-order valence-corrected chi connectivity index (χ0v) is 15.6. The van der Waals surface area contributed by atoms with E-state index in [1.807, 2.05) is 24.3 Å². The van der Waals surface area contributed by atoms with Gasteiger partial charge in [-0.15, -0.1) is 12.4 Å². The molecular formula is C16H25BrClN3O2. The number of nitrogens with zero attached hydrogens (tertiary/aromatic N) is 1. The molecule has 1 fully saturated rings. The van der Waals surface area contributed by atoms with Gasteiger partial charge in [0.15, 0.2) is 0 Å². The first-order chi connectivity index (χ1) is 10.8. The number of amides is 1. The number of hydrogen-bond acceptors (Lipinski definition) is 4. The summed E-state index contributed by atoms with van der Waals surface area (Å²) in [6, 6.07) is 7.65. The van der Waals surface area contributed by atoms with Crippen LogP contribution in [0.5, 0.6) is 5.75 Å². The van der Waals surface area contributed by atoms with E-state index in [-0.39, 0.29) is 18.3 Å². The molecule has 1 aromatic rings. The lowest BCUT2D eigenvalue weighted by Gasteiger charge is -2.27. The molecule has 0 atom stereocenters. The van der Waals surface area contributed by atoms with Gasteiger partial charge < -0.3 is 20.3 Å². The zero-order chi connectivity index (χ0) is 15.6. The molecule has 0 bridgehead atoms. The number of carbonyl (C=O) groups excluding carboxylic acids is 1. The number of ether oxygens (including phenoxy) is 1. The summed E-state index contributed by atoms with van der Waals surface area (Å²) in [6.07, 6.45) is 1.38. The standard InChI is InChI=1S/C16H24BrN3O2.ClH/c17-14-4-1-2-5-15(14)22-13-6-16(21)19-7-3-10-20-11-8-18-9-12-20;/h1-2,4-5,18H,3,6-13H2,(H,19,21);1H. The first kappa shape index (κ1) is 20.2. The number of halogens is 2. The van der Waals surface area contributed by atoms with Gasteiger partial charge >= 0.3 is 0 Å². The smallest absolute Gasteiger partial charge is 0.223 e. The SMILES string of the molecule is Cl.O=C(CCOc1ccccc1Br)NCCCN1CCNCC1. The summed E-state index contributed by atoms with van der Waals surface area (Å²) in [5, 5.41) is 6.29. The van der Waals surface area contributed by atoms with Gasteiger partial charge in [-0.05, 0) is 41.0 Å². The van der Waals surface area contributed by atoms with Gasteiger partial charge in [0, 0.05) is 32.7 Å². The van der Waals surface area contributed by atoms with E-state index in [0.717, 1.165) is 55.9 Å². The van der Waals surface area contributed by atoms with Crippen molar-refractivity contribution in [2.24, 2.45) is 0 Å². The Balaban J connectivity index is 0.00000264. The topological polar surface area (TPSA) is 53.6 Å². The van der Waals surface area contributed by atoms with Crippen molar-refractivity contribution in [2.75, 3.05) is 45.9 Å². The molecule has 1 saturated heterocycles. The van der Waals surface area contributed by atoms with Crippen molar-refractivity contribution in [3.63, 3.8) is 0 Å². The van der Waals surface area contributed by atoms with E-state index < -0.39 is 0 Å². The normalized spacial score (nSPS) is 14.8. The fourth-order valence-corrected chi connectivity index (χ4v) is 2.77. The van der Waals surface area contributed by atoms with E-state index in [1.165, 1.54) is 0 Å². The molecule has 1 aliphatic rings. The fourth-order valence-electron chi connectivity index (χ4n) is 2.37. The predicted molar refractivity (Wildman–Crippen MR) is 98.4 cm³/mol. The molecule has 5 nitrogen and oxygen atoms in total. The molecule has 7 heteroatoms. The highest BCUT2D eigenvalue weighted by Gasteiger charge is 2.09. The number of nitrogens with one attached hydrogen (secondary N) is 2. The van der Waals surface area contributed by atoms with Crippen LogP contribution in [0, 0.1) is 0 Å². The Morgan fingerprint density at radius 1 is 1.30 bits per heavy atom. The lowest BCUT2D eigenvalue weighted by atomic mass is 10.3. The maximum Gasteiger partial charge on any atom is 0.223 e. The van der Waals surface area contributed by atoms with Crippen LogP contribution in [0.1, 0.15) is 12.8 Å². The fraction of sp³-hybridized carbons (Fsp3) is 0.562. The molecule has 1 heterocycles. The van der Waals surface area contributed by atoms with Crippen molar-refractivity contribution in [1.82, 2.24) is 15.5 Å². The predicted octanol–water partition coefficient (Wildman–Crippen LogP) is 2.05. The van der Waals surface area contributed by atoms with E-state index in [2.05, 4.69) is 31.5 Å². The Labute approximate surface area is 152 Å². The second kappa shape index (κ2) is 11.7. The molecule has 0 spiro atoms. The summed E-state index contributed by atoms with van der Waals surface area (Å²) in [5.74, 6) is 0.821. The van der Waals surface area contributed by atoms with Crippen LogP contribution in [-0.4, -0.2) is 56.7 Å². The van der Waals surface area contributed by atoms with E-state index in [9.17, 15) is 4.79 Å². The Morgan fingerprint density at radius 2 is 2.04 bits per heavy atom. The van der Waals surface area contributed by atoms with Crippen LogP contribution in [0.3, 0.4) is 0 Å². The average molecular weight is 407 g/mol. The van der Waals surface area contributed by atoms with Crippen molar-refractivity contribution in [2.45, 2.75) is 12.8 Å². The minimum atomic E-state index is 0. The summed E-state index contributed by atoms with van der Waals surface area (Å²) in [7, 11) is 0. The number of carbonyl (C=O) groups is 1. The van der Waals surface area contributed by atoms with Crippen LogP contribution in [0.2, 0.25) is 0 Å². The third-order valence-corrected chi connectivity index (χ3v) is 4.26. The highest BCUT2D eigenvalue weighted by Crippen LogP contribution is 2.23. The Bertz CT molecular complexity index is 470. The molecule has 1 aliphatic heterocycles. The number of rotatable bonds is 8. The Morgan fingerprint density at radius 3 is 2.78 bits per heavy atom. The van der Waals surface area contributed by atoms with Gasteiger partial charge in [-0.25, -0.2) is 0 Å². The molecule has 1 aromatic carbocycles. The molecule has 0 radical (unpaired) electrons. The number of hydrogen-bond donors (Lipinski definition) is 2. The van der Waals surface area contributed by atoms with Crippen LogP contribution < -0.4 is 15.4 Å². The van der Waals surface area contributed by atoms with Gasteiger partial charge in [0.1, 0.15) is 5.75 Å². The molecule has 0 aliphatic carbocycles. The maximum atomic E-state index is 11.7. The first-order valence-electron chi connectivity index (χ1n) is 7.83. The molecule has 0 saturated carbocycles. The zero-order valence-electron chi connectivity index (χ0n) is 13.2. The van der Waals surface area contributed by atoms with Crippen molar-refractivity contribution < 1.29 is 9.53 Å². The molecule has 2 rings (SSSR count). The van der Waals surface area contributed by atoms with Gasteiger partial charge in [-0.3, -0.25) is 4.79 Å². The average Bonchev–Trinajstić information content (AvgIpc) is 2.54. The Hall–Kier alpha value is -0.820. The summed E-state index contributed by atoms with van der Waals surface area (Å²) in [6.45, 7) is 6.53. The van der Waals surface area contributed by atoms with Crippen molar-refractivity contribution in [1.29, 1.82) is 0 Å². The Kier molecular flexibility index (Phi) is 10.3. The van der Waals surface area contributed by atoms with E-state index >= 15 is 0 Å². The molecular weight excluding hydrogens is 382 g/mol. The van der Waals surface area contributed by atoms with E-state index in [0.29, 0.717) is 13.0 Å². The minimum absolute atomic E-state index is 0. The number of para-hydroxylation sites is 1. The van der Waals surface area contributed by atoms with E-state index in [1.54, 1.807) is 0 Å². The molecule has 0 unspecified atom stereocenters. The molecule has 23 heavy (non-hydrogen) atoms. The maximum absolute atomic E-state index is 11.7. The van der Waals surface area contributed by atoms with Crippen LogP contribution in [0.15, 0.2) is 28.7 Å². The number of piperazine rings is 1. The third kappa shape index (κ3) is 8.01. The minimum Gasteiger partial charge on any atom is -0.492 e. The van der Waals surface area contributed by atoms with Gasteiger partial charge in [-0.1, -0.05) is 12.1 Å². The van der Waals surface area contributed by atoms with Gasteiger partial charge in [0.25, 0.3) is 0 Å². The summed E-state index contributed by atoms with van der Waals surface area (Å²) in [4.78, 5) is 14.2. The van der Waals surface area contributed by atoms with Crippen molar-refractivity contribution >= 4 is 34.2 Å². The molecule has 0 aromatic heterocycles. The van der Waals surface area contributed by atoms with Gasteiger partial charge in [0.05, 0.1) is 17.5 Å². The highest BCUT2D eigenvalue weighted by atomic mass is 79.9. The summed E-state index contributed by atoms with van der Waals surface area (Å²) < 4.78 is 6.49.